The average Bonchev–Trinajstić information content (AvgIpc) is 2.55. The van der Waals surface area contributed by atoms with Crippen LogP contribution in [0.2, 0.25) is 0 Å². The minimum absolute atomic E-state index is 0.0717. The molecule has 0 spiro atoms. The summed E-state index contributed by atoms with van der Waals surface area (Å²) in [5, 5.41) is 9.49. The van der Waals surface area contributed by atoms with Crippen molar-refractivity contribution in [2.75, 3.05) is 0 Å². The first-order valence-electron chi connectivity index (χ1n) is 8.12. The number of hydrogen-bond donors (Lipinski definition) is 1. The summed E-state index contributed by atoms with van der Waals surface area (Å²) in [5.74, 6) is -0.860. The van der Waals surface area contributed by atoms with Crippen molar-refractivity contribution in [1.82, 2.24) is 0 Å². The van der Waals surface area contributed by atoms with Crippen molar-refractivity contribution in [1.29, 1.82) is 0 Å². The molecule has 2 aromatic carbocycles. The quantitative estimate of drug-likeness (QED) is 0.578. The molecule has 1 N–H and O–H groups in total. The molecule has 24 heavy (non-hydrogen) atoms. The Morgan fingerprint density at radius 2 is 1.33 bits per heavy atom. The van der Waals surface area contributed by atoms with E-state index >= 15 is 0 Å². The fourth-order valence-corrected chi connectivity index (χ4v) is 2.56. The molecule has 2 rings (SSSR count). The summed E-state index contributed by atoms with van der Waals surface area (Å²) >= 11 is 0. The van der Waals surface area contributed by atoms with Crippen LogP contribution in [0, 0.1) is 5.41 Å². The number of carboxylic acids is 1. The van der Waals surface area contributed by atoms with Crippen LogP contribution < -0.4 is 0 Å². The Balaban J connectivity index is 2.48. The van der Waals surface area contributed by atoms with E-state index in [-0.39, 0.29) is 5.41 Å². The van der Waals surface area contributed by atoms with Gasteiger partial charge in [0.15, 0.2) is 0 Å². The van der Waals surface area contributed by atoms with Gasteiger partial charge in [-0.1, -0.05) is 93.6 Å². The normalized spacial score (nSPS) is 11.9. The number of aliphatic carboxylic acids is 1. The van der Waals surface area contributed by atoms with Crippen molar-refractivity contribution in [2.24, 2.45) is 5.41 Å². The van der Waals surface area contributed by atoms with E-state index in [9.17, 15) is 9.90 Å². The van der Waals surface area contributed by atoms with E-state index in [0.29, 0.717) is 12.0 Å². The summed E-state index contributed by atoms with van der Waals surface area (Å²) in [6.45, 7) is 6.13. The molecule has 124 valence electrons. The van der Waals surface area contributed by atoms with Gasteiger partial charge >= 0.3 is 5.97 Å². The Bertz CT molecular complexity index is 691. The summed E-state index contributed by atoms with van der Waals surface area (Å²) in [6.07, 6.45) is 4.18. The van der Waals surface area contributed by atoms with E-state index in [2.05, 4.69) is 0 Å². The molecule has 0 bridgehead atoms. The van der Waals surface area contributed by atoms with E-state index in [0.717, 1.165) is 16.7 Å². The summed E-state index contributed by atoms with van der Waals surface area (Å²) in [4.78, 5) is 11.6. The third kappa shape index (κ3) is 5.24. The lowest BCUT2D eigenvalue weighted by Crippen LogP contribution is -2.11. The van der Waals surface area contributed by atoms with Gasteiger partial charge in [0.1, 0.15) is 0 Å². The number of rotatable bonds is 5. The maximum Gasteiger partial charge on any atom is 0.331 e. The summed E-state index contributed by atoms with van der Waals surface area (Å²) in [7, 11) is 0. The minimum Gasteiger partial charge on any atom is -0.478 e. The predicted octanol–water partition coefficient (Wildman–Crippen LogP) is 5.57. The molecular formula is C22H24O2. The fourth-order valence-electron chi connectivity index (χ4n) is 2.56. The van der Waals surface area contributed by atoms with Crippen LogP contribution in [-0.2, 0) is 4.79 Å². The van der Waals surface area contributed by atoms with Gasteiger partial charge in [-0.05, 0) is 28.5 Å². The highest BCUT2D eigenvalue weighted by Crippen LogP contribution is 2.27. The molecule has 0 radical (unpaired) electrons. The van der Waals surface area contributed by atoms with E-state index in [1.807, 2.05) is 87.5 Å². The first kappa shape index (κ1) is 17.7. The Kier molecular flexibility index (Phi) is 5.75. The zero-order valence-corrected chi connectivity index (χ0v) is 14.5. The van der Waals surface area contributed by atoms with Gasteiger partial charge in [-0.2, -0.15) is 0 Å². The Labute approximate surface area is 144 Å². The van der Waals surface area contributed by atoms with Crippen molar-refractivity contribution in [3.8, 4) is 0 Å². The van der Waals surface area contributed by atoms with Gasteiger partial charge in [-0.15, -0.1) is 0 Å². The third-order valence-corrected chi connectivity index (χ3v) is 3.62. The fraction of sp³-hybridized carbons (Fsp3) is 0.227. The zero-order chi connectivity index (χ0) is 17.6. The summed E-state index contributed by atoms with van der Waals surface area (Å²) in [5.41, 5.74) is 3.51. The number of benzene rings is 2. The first-order chi connectivity index (χ1) is 11.4. The van der Waals surface area contributed by atoms with Crippen molar-refractivity contribution in [3.05, 3.63) is 89.5 Å². The number of hydrogen-bond acceptors (Lipinski definition) is 1. The molecule has 0 heterocycles. The monoisotopic (exact) mass is 320 g/mol. The molecule has 0 amide bonds. The molecule has 0 saturated carbocycles. The molecule has 2 aromatic rings. The first-order valence-corrected chi connectivity index (χ1v) is 8.12. The second-order valence-corrected chi connectivity index (χ2v) is 7.05. The maximum absolute atomic E-state index is 11.6. The molecule has 2 heteroatoms. The van der Waals surface area contributed by atoms with Gasteiger partial charge in [0.05, 0.1) is 0 Å². The van der Waals surface area contributed by atoms with E-state index in [1.54, 1.807) is 6.08 Å². The van der Waals surface area contributed by atoms with Crippen LogP contribution in [0.3, 0.4) is 0 Å². The maximum atomic E-state index is 11.6. The van der Waals surface area contributed by atoms with Crippen molar-refractivity contribution in [2.45, 2.75) is 27.2 Å². The average molecular weight is 320 g/mol. The Hall–Kier alpha value is -2.61. The summed E-state index contributed by atoms with van der Waals surface area (Å²) in [6, 6.07) is 20.1. The van der Waals surface area contributed by atoms with Gasteiger partial charge in [-0.3, -0.25) is 0 Å². The standard InChI is InChI=1S/C22H24O2/c1-22(2,3)16-19(21(23)24)14-15-20(17-10-6-4-7-11-17)18-12-8-5-9-13-18/h4-15H,16H2,1-3H3,(H,23,24). The van der Waals surface area contributed by atoms with Crippen LogP contribution in [0.4, 0.5) is 0 Å². The van der Waals surface area contributed by atoms with Gasteiger partial charge < -0.3 is 5.11 Å². The number of carbonyl (C=O) groups is 1. The lowest BCUT2D eigenvalue weighted by atomic mass is 9.87. The van der Waals surface area contributed by atoms with Gasteiger partial charge in [0.25, 0.3) is 0 Å². The largest absolute Gasteiger partial charge is 0.478 e. The molecule has 0 saturated heterocycles. The molecule has 0 aromatic heterocycles. The molecule has 0 fully saturated rings. The Morgan fingerprint density at radius 1 is 0.875 bits per heavy atom. The minimum atomic E-state index is -0.860. The van der Waals surface area contributed by atoms with Crippen molar-refractivity contribution >= 4 is 11.5 Å². The van der Waals surface area contributed by atoms with E-state index in [4.69, 9.17) is 0 Å². The molecule has 0 aliphatic carbocycles. The van der Waals surface area contributed by atoms with Gasteiger partial charge in [0, 0.05) is 5.57 Å². The van der Waals surface area contributed by atoms with Crippen LogP contribution in [0.1, 0.15) is 38.3 Å². The predicted molar refractivity (Wildman–Crippen MR) is 99.8 cm³/mol. The number of allylic oxidation sites excluding steroid dienone is 2. The molecule has 2 nitrogen and oxygen atoms in total. The van der Waals surface area contributed by atoms with Crippen LogP contribution in [-0.4, -0.2) is 11.1 Å². The van der Waals surface area contributed by atoms with Crippen molar-refractivity contribution < 1.29 is 9.90 Å². The lowest BCUT2D eigenvalue weighted by molar-refractivity contribution is -0.133. The van der Waals surface area contributed by atoms with Crippen LogP contribution in [0.25, 0.3) is 5.57 Å². The molecule has 0 unspecified atom stereocenters. The molecule has 0 aliphatic rings. The topological polar surface area (TPSA) is 37.3 Å². The molecule has 0 aliphatic heterocycles. The highest BCUT2D eigenvalue weighted by atomic mass is 16.4. The smallest absolute Gasteiger partial charge is 0.331 e. The Morgan fingerprint density at radius 3 is 1.71 bits per heavy atom. The van der Waals surface area contributed by atoms with E-state index in [1.165, 1.54) is 0 Å². The second-order valence-electron chi connectivity index (χ2n) is 7.05. The molecule has 0 atom stereocenters. The zero-order valence-electron chi connectivity index (χ0n) is 14.5. The van der Waals surface area contributed by atoms with Crippen LogP contribution >= 0.6 is 0 Å². The van der Waals surface area contributed by atoms with Gasteiger partial charge in [0.2, 0.25) is 0 Å². The SMILES string of the molecule is CC(C)(C)CC(=CC=C(c1ccccc1)c1ccccc1)C(=O)O. The second kappa shape index (κ2) is 7.78. The third-order valence-electron chi connectivity index (χ3n) is 3.62. The highest BCUT2D eigenvalue weighted by molar-refractivity contribution is 5.88. The highest BCUT2D eigenvalue weighted by Gasteiger charge is 2.17. The van der Waals surface area contributed by atoms with Crippen LogP contribution in [0.5, 0.6) is 0 Å². The lowest BCUT2D eigenvalue weighted by Gasteiger charge is -2.18. The summed E-state index contributed by atoms with van der Waals surface area (Å²) < 4.78 is 0. The number of carboxylic acid groups (broad SMARTS) is 1. The van der Waals surface area contributed by atoms with Crippen LogP contribution in [0.15, 0.2) is 78.4 Å². The van der Waals surface area contributed by atoms with Gasteiger partial charge in [-0.25, -0.2) is 4.79 Å². The molecular weight excluding hydrogens is 296 g/mol. The van der Waals surface area contributed by atoms with Crippen molar-refractivity contribution in [3.63, 3.8) is 0 Å². The van der Waals surface area contributed by atoms with E-state index < -0.39 is 5.97 Å².